The van der Waals surface area contributed by atoms with Crippen molar-refractivity contribution in [2.45, 2.75) is 20.0 Å². The van der Waals surface area contributed by atoms with Crippen LogP contribution < -0.4 is 11.1 Å². The second kappa shape index (κ2) is 6.57. The van der Waals surface area contributed by atoms with E-state index in [1.807, 2.05) is 36.6 Å². The predicted molar refractivity (Wildman–Crippen MR) is 88.0 cm³/mol. The van der Waals surface area contributed by atoms with E-state index >= 15 is 0 Å². The fraction of sp³-hybridized carbons (Fsp3) is 0.200. The van der Waals surface area contributed by atoms with Crippen molar-refractivity contribution < 1.29 is 4.79 Å². The fourth-order valence-corrected chi connectivity index (χ4v) is 2.67. The first-order valence-electron chi connectivity index (χ1n) is 7.04. The van der Waals surface area contributed by atoms with Crippen molar-refractivity contribution in [3.8, 4) is 0 Å². The average Bonchev–Trinajstić information content (AvgIpc) is 3.16. The minimum absolute atomic E-state index is 0.279. The summed E-state index contributed by atoms with van der Waals surface area (Å²) in [6, 6.07) is 8.04. The number of aromatic nitrogens is 4. The molecule has 3 rings (SSSR count). The number of carbonyl (C=O) groups excluding carboxylic acids is 1. The summed E-state index contributed by atoms with van der Waals surface area (Å²) in [6.07, 6.45) is 1.64. The molecule has 1 amide bonds. The molecule has 0 fully saturated rings. The Labute approximate surface area is 137 Å². The maximum atomic E-state index is 12.1. The number of carbonyl (C=O) groups is 1. The lowest BCUT2D eigenvalue weighted by Gasteiger charge is -2.04. The van der Waals surface area contributed by atoms with Crippen LogP contribution in [-0.2, 0) is 13.1 Å². The SMILES string of the molecule is Cc1ccccc1Cn1cc(C(=O)NCc2csc(N)n2)nn1. The van der Waals surface area contributed by atoms with Crippen LogP contribution in [0.5, 0.6) is 0 Å². The molecule has 0 saturated heterocycles. The molecule has 0 aliphatic heterocycles. The van der Waals surface area contributed by atoms with Gasteiger partial charge in [-0.1, -0.05) is 29.5 Å². The zero-order valence-corrected chi connectivity index (χ0v) is 13.4. The van der Waals surface area contributed by atoms with Gasteiger partial charge in [-0.25, -0.2) is 9.67 Å². The molecule has 23 heavy (non-hydrogen) atoms. The van der Waals surface area contributed by atoms with Crippen molar-refractivity contribution >= 4 is 22.4 Å². The number of nitrogen functional groups attached to an aromatic ring is 1. The fourth-order valence-electron chi connectivity index (χ4n) is 2.11. The van der Waals surface area contributed by atoms with Crippen LogP contribution in [0, 0.1) is 6.92 Å². The van der Waals surface area contributed by atoms with Crippen LogP contribution >= 0.6 is 11.3 Å². The van der Waals surface area contributed by atoms with Crippen molar-refractivity contribution in [2.24, 2.45) is 0 Å². The molecular weight excluding hydrogens is 312 g/mol. The van der Waals surface area contributed by atoms with Crippen LogP contribution in [0.2, 0.25) is 0 Å². The minimum atomic E-state index is -0.285. The van der Waals surface area contributed by atoms with E-state index in [1.165, 1.54) is 16.9 Å². The third-order valence-corrected chi connectivity index (χ3v) is 4.09. The van der Waals surface area contributed by atoms with Crippen LogP contribution in [0.1, 0.15) is 27.3 Å². The van der Waals surface area contributed by atoms with Crippen molar-refractivity contribution in [3.05, 3.63) is 58.4 Å². The maximum Gasteiger partial charge on any atom is 0.273 e. The molecule has 0 atom stereocenters. The number of benzene rings is 1. The summed E-state index contributed by atoms with van der Waals surface area (Å²) in [5, 5.41) is 13.0. The molecule has 118 valence electrons. The quantitative estimate of drug-likeness (QED) is 0.741. The van der Waals surface area contributed by atoms with E-state index < -0.39 is 0 Å². The van der Waals surface area contributed by atoms with E-state index in [4.69, 9.17) is 5.73 Å². The highest BCUT2D eigenvalue weighted by Gasteiger charge is 2.11. The van der Waals surface area contributed by atoms with Crippen molar-refractivity contribution in [2.75, 3.05) is 5.73 Å². The Bertz CT molecular complexity index is 825. The average molecular weight is 328 g/mol. The number of hydrogen-bond acceptors (Lipinski definition) is 6. The Morgan fingerprint density at radius 2 is 2.22 bits per heavy atom. The van der Waals surface area contributed by atoms with E-state index in [2.05, 4.69) is 20.6 Å². The van der Waals surface area contributed by atoms with E-state index in [1.54, 1.807) is 10.9 Å². The molecule has 0 radical (unpaired) electrons. The van der Waals surface area contributed by atoms with E-state index in [0.29, 0.717) is 18.2 Å². The Balaban J connectivity index is 1.62. The summed E-state index contributed by atoms with van der Waals surface area (Å²) < 4.78 is 1.65. The number of nitrogens with one attached hydrogen (secondary N) is 1. The number of nitrogens with zero attached hydrogens (tertiary/aromatic N) is 4. The van der Waals surface area contributed by atoms with Crippen LogP contribution in [-0.4, -0.2) is 25.9 Å². The van der Waals surface area contributed by atoms with Crippen molar-refractivity contribution in [1.29, 1.82) is 0 Å². The van der Waals surface area contributed by atoms with Crippen LogP contribution in [0.25, 0.3) is 0 Å². The number of anilines is 1. The first-order chi connectivity index (χ1) is 11.1. The zero-order valence-electron chi connectivity index (χ0n) is 12.6. The minimum Gasteiger partial charge on any atom is -0.375 e. The van der Waals surface area contributed by atoms with Gasteiger partial charge in [0.2, 0.25) is 0 Å². The zero-order chi connectivity index (χ0) is 16.2. The van der Waals surface area contributed by atoms with Gasteiger partial charge in [0.25, 0.3) is 5.91 Å². The van der Waals surface area contributed by atoms with Gasteiger partial charge in [0.1, 0.15) is 0 Å². The second-order valence-electron chi connectivity index (χ2n) is 5.09. The normalized spacial score (nSPS) is 10.7. The molecule has 3 N–H and O–H groups in total. The van der Waals surface area contributed by atoms with Gasteiger partial charge in [0.15, 0.2) is 10.8 Å². The summed E-state index contributed by atoms with van der Waals surface area (Å²) in [5.74, 6) is -0.285. The molecule has 1 aromatic carbocycles. The molecule has 0 aliphatic carbocycles. The summed E-state index contributed by atoms with van der Waals surface area (Å²) in [5.41, 5.74) is 8.88. The lowest BCUT2D eigenvalue weighted by atomic mass is 10.1. The van der Waals surface area contributed by atoms with Crippen LogP contribution in [0.3, 0.4) is 0 Å². The van der Waals surface area contributed by atoms with Crippen molar-refractivity contribution in [1.82, 2.24) is 25.3 Å². The smallest absolute Gasteiger partial charge is 0.273 e. The Kier molecular flexibility index (Phi) is 4.33. The number of nitrogens with two attached hydrogens (primary N) is 1. The molecule has 0 aliphatic rings. The molecule has 2 heterocycles. The largest absolute Gasteiger partial charge is 0.375 e. The van der Waals surface area contributed by atoms with Gasteiger partial charge in [-0.2, -0.15) is 0 Å². The van der Waals surface area contributed by atoms with E-state index in [9.17, 15) is 4.79 Å². The Hall–Kier alpha value is -2.74. The number of thiazole rings is 1. The lowest BCUT2D eigenvalue weighted by Crippen LogP contribution is -2.23. The predicted octanol–water partition coefficient (Wildman–Crippen LogP) is 1.60. The number of aryl methyl sites for hydroxylation is 1. The summed E-state index contributed by atoms with van der Waals surface area (Å²) >= 11 is 1.34. The van der Waals surface area contributed by atoms with E-state index in [-0.39, 0.29) is 11.6 Å². The molecule has 0 spiro atoms. The molecule has 0 unspecified atom stereocenters. The van der Waals surface area contributed by atoms with Gasteiger partial charge >= 0.3 is 0 Å². The highest BCUT2D eigenvalue weighted by molar-refractivity contribution is 7.13. The highest BCUT2D eigenvalue weighted by atomic mass is 32.1. The van der Waals surface area contributed by atoms with E-state index in [0.717, 1.165) is 11.3 Å². The number of rotatable bonds is 5. The topological polar surface area (TPSA) is 98.7 Å². The highest BCUT2D eigenvalue weighted by Crippen LogP contribution is 2.11. The molecule has 2 aromatic heterocycles. The number of amides is 1. The van der Waals surface area contributed by atoms with Crippen molar-refractivity contribution in [3.63, 3.8) is 0 Å². The van der Waals surface area contributed by atoms with Gasteiger partial charge in [-0.05, 0) is 18.1 Å². The third kappa shape index (κ3) is 3.72. The van der Waals surface area contributed by atoms with Gasteiger partial charge in [-0.3, -0.25) is 4.79 Å². The van der Waals surface area contributed by atoms with Gasteiger partial charge < -0.3 is 11.1 Å². The molecular formula is C15H16N6OS. The molecule has 3 aromatic rings. The molecule has 0 bridgehead atoms. The van der Waals surface area contributed by atoms with Crippen LogP contribution in [0.4, 0.5) is 5.13 Å². The first kappa shape index (κ1) is 15.2. The lowest BCUT2D eigenvalue weighted by molar-refractivity contribution is 0.0945. The van der Waals surface area contributed by atoms with Gasteiger partial charge in [0.05, 0.1) is 25.0 Å². The maximum absolute atomic E-state index is 12.1. The Morgan fingerprint density at radius 3 is 2.96 bits per heavy atom. The standard InChI is InChI=1S/C15H16N6OS/c1-10-4-2-3-5-11(10)7-21-8-13(19-20-21)14(22)17-6-12-9-23-15(16)18-12/h2-5,8-9H,6-7H2,1H3,(H2,16,18)(H,17,22). The van der Waals surface area contributed by atoms with Crippen LogP contribution in [0.15, 0.2) is 35.8 Å². The summed E-state index contributed by atoms with van der Waals surface area (Å²) in [4.78, 5) is 16.2. The third-order valence-electron chi connectivity index (χ3n) is 3.36. The number of hydrogen-bond donors (Lipinski definition) is 2. The first-order valence-corrected chi connectivity index (χ1v) is 7.92. The van der Waals surface area contributed by atoms with Gasteiger partial charge in [-0.15, -0.1) is 16.4 Å². The van der Waals surface area contributed by atoms with Gasteiger partial charge in [0, 0.05) is 5.38 Å². The molecule has 7 nitrogen and oxygen atoms in total. The molecule has 8 heteroatoms. The monoisotopic (exact) mass is 328 g/mol. The second-order valence-corrected chi connectivity index (χ2v) is 5.98. The Morgan fingerprint density at radius 1 is 1.39 bits per heavy atom. The molecule has 0 saturated carbocycles. The summed E-state index contributed by atoms with van der Waals surface area (Å²) in [6.45, 7) is 2.94. The summed E-state index contributed by atoms with van der Waals surface area (Å²) in [7, 11) is 0.